The van der Waals surface area contributed by atoms with Gasteiger partial charge in [-0.1, -0.05) is 17.7 Å². The van der Waals surface area contributed by atoms with E-state index in [9.17, 15) is 9.59 Å². The molecular formula is C18H23Cl2N5O2. The molecular weight excluding hydrogens is 389 g/mol. The van der Waals surface area contributed by atoms with Gasteiger partial charge in [0.15, 0.2) is 0 Å². The highest BCUT2D eigenvalue weighted by Crippen LogP contribution is 2.20. The summed E-state index contributed by atoms with van der Waals surface area (Å²) < 4.78 is 1.62. The summed E-state index contributed by atoms with van der Waals surface area (Å²) >= 11 is 6.01. The molecule has 1 fully saturated rings. The Bertz CT molecular complexity index is 796. The van der Waals surface area contributed by atoms with Gasteiger partial charge >= 0.3 is 0 Å². The number of nitrogens with zero attached hydrogens (tertiary/aromatic N) is 3. The van der Waals surface area contributed by atoms with Gasteiger partial charge in [-0.2, -0.15) is 5.10 Å². The molecule has 1 aliphatic rings. The van der Waals surface area contributed by atoms with Crippen molar-refractivity contribution in [2.24, 2.45) is 11.7 Å². The Morgan fingerprint density at radius 3 is 2.93 bits per heavy atom. The van der Waals surface area contributed by atoms with Crippen LogP contribution in [-0.4, -0.2) is 52.7 Å². The zero-order chi connectivity index (χ0) is 18.5. The Morgan fingerprint density at radius 2 is 2.19 bits per heavy atom. The molecule has 2 aromatic rings. The molecule has 7 nitrogen and oxygen atoms in total. The van der Waals surface area contributed by atoms with E-state index in [1.807, 2.05) is 12.1 Å². The van der Waals surface area contributed by atoms with Crippen LogP contribution in [0.5, 0.6) is 0 Å². The number of carbonyl (C=O) groups is 2. The van der Waals surface area contributed by atoms with Crippen LogP contribution in [0.2, 0.25) is 5.02 Å². The summed E-state index contributed by atoms with van der Waals surface area (Å²) in [5.74, 6) is -0.348. The molecule has 1 aromatic carbocycles. The zero-order valence-electron chi connectivity index (χ0n) is 14.8. The molecule has 3 N–H and O–H groups in total. The first-order valence-electron chi connectivity index (χ1n) is 8.66. The Kier molecular flexibility index (Phi) is 7.65. The molecule has 2 amide bonds. The lowest BCUT2D eigenvalue weighted by Crippen LogP contribution is -2.46. The highest BCUT2D eigenvalue weighted by atomic mass is 35.5. The van der Waals surface area contributed by atoms with E-state index in [1.165, 1.54) is 0 Å². The Hall–Kier alpha value is -2.09. The standard InChI is InChI=1S/C18H22ClN5O2.ClH/c19-15-4-1-5-16(9-15)24-12-14(10-22-24)18(26)23-8-2-3-13(11-23)17(25)21-7-6-20;/h1,4-5,9-10,12-13H,2-3,6-8,11,20H2,(H,21,25);1H. The molecule has 0 radical (unpaired) electrons. The van der Waals surface area contributed by atoms with Gasteiger partial charge in [0.25, 0.3) is 5.91 Å². The van der Waals surface area contributed by atoms with Crippen molar-refractivity contribution in [2.75, 3.05) is 26.2 Å². The van der Waals surface area contributed by atoms with E-state index in [0.29, 0.717) is 36.8 Å². The first-order valence-corrected chi connectivity index (χ1v) is 9.04. The fourth-order valence-electron chi connectivity index (χ4n) is 3.09. The summed E-state index contributed by atoms with van der Waals surface area (Å²) in [4.78, 5) is 26.7. The quantitative estimate of drug-likeness (QED) is 0.784. The zero-order valence-corrected chi connectivity index (χ0v) is 16.4. The normalized spacial score (nSPS) is 16.5. The summed E-state index contributed by atoms with van der Waals surface area (Å²) in [6.45, 7) is 1.92. The molecule has 1 atom stereocenters. The van der Waals surface area contributed by atoms with Gasteiger partial charge in [0.05, 0.1) is 23.4 Å². The fraction of sp³-hybridized carbons (Fsp3) is 0.389. The van der Waals surface area contributed by atoms with Gasteiger partial charge < -0.3 is 16.0 Å². The minimum absolute atomic E-state index is 0. The lowest BCUT2D eigenvalue weighted by Gasteiger charge is -2.31. The van der Waals surface area contributed by atoms with Gasteiger partial charge in [0.2, 0.25) is 5.91 Å². The number of nitrogens with two attached hydrogens (primary N) is 1. The maximum absolute atomic E-state index is 12.8. The average Bonchev–Trinajstić information content (AvgIpc) is 3.16. The van der Waals surface area contributed by atoms with Gasteiger partial charge in [-0.25, -0.2) is 4.68 Å². The monoisotopic (exact) mass is 411 g/mol. The van der Waals surface area contributed by atoms with E-state index in [-0.39, 0.29) is 30.1 Å². The molecule has 146 valence electrons. The maximum atomic E-state index is 12.8. The van der Waals surface area contributed by atoms with Gasteiger partial charge in [-0.3, -0.25) is 9.59 Å². The molecule has 27 heavy (non-hydrogen) atoms. The van der Waals surface area contributed by atoms with Gasteiger partial charge in [0.1, 0.15) is 0 Å². The summed E-state index contributed by atoms with van der Waals surface area (Å²) in [7, 11) is 0. The number of aromatic nitrogens is 2. The molecule has 3 rings (SSSR count). The molecule has 1 saturated heterocycles. The number of rotatable bonds is 5. The largest absolute Gasteiger partial charge is 0.355 e. The molecule has 1 unspecified atom stereocenters. The van der Waals surface area contributed by atoms with Crippen LogP contribution >= 0.6 is 24.0 Å². The van der Waals surface area contributed by atoms with Crippen molar-refractivity contribution >= 4 is 35.8 Å². The lowest BCUT2D eigenvalue weighted by atomic mass is 9.96. The van der Waals surface area contributed by atoms with Crippen molar-refractivity contribution < 1.29 is 9.59 Å². The summed E-state index contributed by atoms with van der Waals surface area (Å²) in [5.41, 5.74) is 6.70. The number of halogens is 2. The Morgan fingerprint density at radius 1 is 1.37 bits per heavy atom. The second kappa shape index (κ2) is 9.73. The predicted molar refractivity (Wildman–Crippen MR) is 107 cm³/mol. The fourth-order valence-corrected chi connectivity index (χ4v) is 3.28. The van der Waals surface area contributed by atoms with Gasteiger partial charge in [0, 0.05) is 37.4 Å². The van der Waals surface area contributed by atoms with Crippen molar-refractivity contribution in [1.29, 1.82) is 0 Å². The molecule has 0 saturated carbocycles. The number of hydrogen-bond donors (Lipinski definition) is 2. The number of piperidine rings is 1. The molecule has 9 heteroatoms. The van der Waals surface area contributed by atoms with Gasteiger partial charge in [-0.05, 0) is 31.0 Å². The highest BCUT2D eigenvalue weighted by Gasteiger charge is 2.29. The van der Waals surface area contributed by atoms with Gasteiger partial charge in [-0.15, -0.1) is 12.4 Å². The molecule has 0 spiro atoms. The first kappa shape index (κ1) is 21.2. The smallest absolute Gasteiger partial charge is 0.257 e. The Labute approximate surface area is 169 Å². The van der Waals surface area contributed by atoms with Crippen LogP contribution < -0.4 is 11.1 Å². The van der Waals surface area contributed by atoms with Crippen molar-refractivity contribution in [3.8, 4) is 5.69 Å². The van der Waals surface area contributed by atoms with Crippen LogP contribution in [0.15, 0.2) is 36.7 Å². The van der Waals surface area contributed by atoms with Crippen LogP contribution in [0.1, 0.15) is 23.2 Å². The van der Waals surface area contributed by atoms with Crippen LogP contribution in [0, 0.1) is 5.92 Å². The summed E-state index contributed by atoms with van der Waals surface area (Å²) in [5, 5.41) is 7.66. The molecule has 1 aliphatic heterocycles. The summed E-state index contributed by atoms with van der Waals surface area (Å²) in [6, 6.07) is 7.26. The minimum Gasteiger partial charge on any atom is -0.355 e. The van der Waals surface area contributed by atoms with Crippen LogP contribution in [0.25, 0.3) is 5.69 Å². The van der Waals surface area contributed by atoms with E-state index in [0.717, 1.165) is 18.5 Å². The maximum Gasteiger partial charge on any atom is 0.257 e. The number of likely N-dealkylation sites (tertiary alicyclic amines) is 1. The topological polar surface area (TPSA) is 93.2 Å². The Balaban J connectivity index is 0.00000261. The molecule has 2 heterocycles. The summed E-state index contributed by atoms with van der Waals surface area (Å²) in [6.07, 6.45) is 4.81. The van der Waals surface area contributed by atoms with E-state index in [4.69, 9.17) is 17.3 Å². The lowest BCUT2D eigenvalue weighted by molar-refractivity contribution is -0.126. The van der Waals surface area contributed by atoms with Crippen LogP contribution in [-0.2, 0) is 4.79 Å². The number of nitrogens with one attached hydrogen (secondary N) is 1. The highest BCUT2D eigenvalue weighted by molar-refractivity contribution is 6.30. The number of hydrogen-bond acceptors (Lipinski definition) is 4. The van der Waals surface area contributed by atoms with Crippen molar-refractivity contribution in [1.82, 2.24) is 20.0 Å². The molecule has 0 aliphatic carbocycles. The number of carbonyl (C=O) groups excluding carboxylic acids is 2. The van der Waals surface area contributed by atoms with E-state index >= 15 is 0 Å². The third-order valence-corrected chi connectivity index (χ3v) is 4.66. The number of amides is 2. The van der Waals surface area contributed by atoms with Crippen molar-refractivity contribution in [3.05, 3.63) is 47.2 Å². The van der Waals surface area contributed by atoms with E-state index < -0.39 is 0 Å². The predicted octanol–water partition coefficient (Wildman–Crippen LogP) is 1.87. The van der Waals surface area contributed by atoms with Crippen molar-refractivity contribution in [3.63, 3.8) is 0 Å². The third-order valence-electron chi connectivity index (χ3n) is 4.43. The molecule has 1 aromatic heterocycles. The first-order chi connectivity index (χ1) is 12.6. The molecule has 0 bridgehead atoms. The number of benzene rings is 1. The second-order valence-electron chi connectivity index (χ2n) is 6.32. The second-order valence-corrected chi connectivity index (χ2v) is 6.76. The minimum atomic E-state index is -0.192. The average molecular weight is 412 g/mol. The SMILES string of the molecule is Cl.NCCNC(=O)C1CCCN(C(=O)c2cnn(-c3cccc(Cl)c3)c2)C1. The van der Waals surface area contributed by atoms with Crippen LogP contribution in [0.3, 0.4) is 0 Å². The van der Waals surface area contributed by atoms with Crippen LogP contribution in [0.4, 0.5) is 0 Å². The van der Waals surface area contributed by atoms with E-state index in [2.05, 4.69) is 10.4 Å². The van der Waals surface area contributed by atoms with Crippen molar-refractivity contribution in [2.45, 2.75) is 12.8 Å². The third kappa shape index (κ3) is 5.22. The van der Waals surface area contributed by atoms with E-state index in [1.54, 1.807) is 34.1 Å².